The van der Waals surface area contributed by atoms with Gasteiger partial charge in [0, 0.05) is 10.8 Å². The predicted molar refractivity (Wildman–Crippen MR) is 53.3 cm³/mol. The van der Waals surface area contributed by atoms with E-state index in [0.717, 1.165) is 23.4 Å². The lowest BCUT2D eigenvalue weighted by Gasteiger charge is -2.07. The first kappa shape index (κ1) is 9.61. The first-order valence-corrected chi connectivity index (χ1v) is 5.47. The molecule has 0 amide bonds. The molecular weight excluding hydrogens is 200 g/mol. The van der Waals surface area contributed by atoms with E-state index in [0.29, 0.717) is 5.92 Å². The molecule has 14 heavy (non-hydrogen) atoms. The maximum absolute atomic E-state index is 10.5. The third-order valence-electron chi connectivity index (χ3n) is 2.32. The highest BCUT2D eigenvalue weighted by Gasteiger charge is 2.30. The minimum atomic E-state index is -0.854. The maximum Gasteiger partial charge on any atom is 0.305 e. The molecule has 2 rings (SSSR count). The summed E-state index contributed by atoms with van der Waals surface area (Å²) in [7, 11) is 0. The molecule has 1 aliphatic rings. The minimum Gasteiger partial charge on any atom is -0.481 e. The SMILES string of the molecule is NC(CC(=O)O)c1scnc1C1CC1. The van der Waals surface area contributed by atoms with Gasteiger partial charge in [-0.3, -0.25) is 4.79 Å². The molecule has 5 heteroatoms. The summed E-state index contributed by atoms with van der Waals surface area (Å²) in [5.41, 5.74) is 8.58. The van der Waals surface area contributed by atoms with E-state index in [1.165, 1.54) is 11.3 Å². The molecule has 0 bridgehead atoms. The average molecular weight is 212 g/mol. The van der Waals surface area contributed by atoms with Crippen molar-refractivity contribution in [3.05, 3.63) is 16.1 Å². The molecule has 1 heterocycles. The second-order valence-corrected chi connectivity index (χ2v) is 4.47. The molecule has 1 fully saturated rings. The van der Waals surface area contributed by atoms with E-state index in [9.17, 15) is 4.79 Å². The maximum atomic E-state index is 10.5. The van der Waals surface area contributed by atoms with E-state index in [-0.39, 0.29) is 6.42 Å². The van der Waals surface area contributed by atoms with Gasteiger partial charge in [0.1, 0.15) is 0 Å². The van der Waals surface area contributed by atoms with Gasteiger partial charge in [0.2, 0.25) is 0 Å². The number of carbonyl (C=O) groups is 1. The first-order valence-electron chi connectivity index (χ1n) is 4.59. The molecule has 0 aliphatic heterocycles. The van der Waals surface area contributed by atoms with Gasteiger partial charge in [-0.25, -0.2) is 4.98 Å². The second kappa shape index (κ2) is 3.67. The number of aliphatic carboxylic acids is 1. The van der Waals surface area contributed by atoms with Crippen molar-refractivity contribution in [3.63, 3.8) is 0 Å². The Bertz CT molecular complexity index is 346. The molecule has 4 nitrogen and oxygen atoms in total. The van der Waals surface area contributed by atoms with E-state index in [4.69, 9.17) is 10.8 Å². The zero-order chi connectivity index (χ0) is 10.1. The Morgan fingerprint density at radius 3 is 3.07 bits per heavy atom. The Morgan fingerprint density at radius 1 is 1.79 bits per heavy atom. The molecule has 76 valence electrons. The summed E-state index contributed by atoms with van der Waals surface area (Å²) in [6.07, 6.45) is 2.31. The monoisotopic (exact) mass is 212 g/mol. The normalized spacial score (nSPS) is 18.1. The molecule has 1 aliphatic carbocycles. The highest BCUT2D eigenvalue weighted by Crippen LogP contribution is 2.43. The van der Waals surface area contributed by atoms with Gasteiger partial charge in [-0.1, -0.05) is 0 Å². The van der Waals surface area contributed by atoms with Gasteiger partial charge in [0.15, 0.2) is 0 Å². The minimum absolute atomic E-state index is 0.0120. The number of nitrogens with zero attached hydrogens (tertiary/aromatic N) is 1. The van der Waals surface area contributed by atoms with Crippen LogP contribution in [0.3, 0.4) is 0 Å². The third-order valence-corrected chi connectivity index (χ3v) is 3.30. The Balaban J connectivity index is 2.13. The van der Waals surface area contributed by atoms with E-state index in [2.05, 4.69) is 4.98 Å². The average Bonchev–Trinajstić information content (AvgIpc) is 2.82. The lowest BCUT2D eigenvalue weighted by Crippen LogP contribution is -2.15. The summed E-state index contributed by atoms with van der Waals surface area (Å²) < 4.78 is 0. The molecule has 0 aromatic carbocycles. The van der Waals surface area contributed by atoms with Crippen molar-refractivity contribution in [1.82, 2.24) is 4.98 Å². The number of aromatic nitrogens is 1. The Morgan fingerprint density at radius 2 is 2.50 bits per heavy atom. The van der Waals surface area contributed by atoms with Gasteiger partial charge < -0.3 is 10.8 Å². The standard InChI is InChI=1S/C9H12N2O2S/c10-6(3-7(12)13)9-8(5-1-2-5)11-4-14-9/h4-6H,1-3,10H2,(H,12,13). The quantitative estimate of drug-likeness (QED) is 0.792. The summed E-state index contributed by atoms with van der Waals surface area (Å²) in [4.78, 5) is 15.7. The van der Waals surface area contributed by atoms with E-state index >= 15 is 0 Å². The van der Waals surface area contributed by atoms with Crippen LogP contribution in [0.4, 0.5) is 0 Å². The lowest BCUT2D eigenvalue weighted by molar-refractivity contribution is -0.137. The van der Waals surface area contributed by atoms with Crippen LogP contribution in [0.25, 0.3) is 0 Å². The van der Waals surface area contributed by atoms with Crippen LogP contribution in [0, 0.1) is 0 Å². The fraction of sp³-hybridized carbons (Fsp3) is 0.556. The van der Waals surface area contributed by atoms with Gasteiger partial charge >= 0.3 is 5.97 Å². The van der Waals surface area contributed by atoms with Crippen molar-refractivity contribution < 1.29 is 9.90 Å². The molecule has 1 atom stereocenters. The summed E-state index contributed by atoms with van der Waals surface area (Å²) in [5, 5.41) is 8.63. The molecule has 1 unspecified atom stereocenters. The van der Waals surface area contributed by atoms with Gasteiger partial charge in [-0.05, 0) is 12.8 Å². The van der Waals surface area contributed by atoms with Crippen molar-refractivity contribution in [2.75, 3.05) is 0 Å². The number of thiazole rings is 1. The zero-order valence-electron chi connectivity index (χ0n) is 7.64. The molecule has 0 spiro atoms. The Hall–Kier alpha value is -0.940. The van der Waals surface area contributed by atoms with Crippen LogP contribution in [0.5, 0.6) is 0 Å². The fourth-order valence-corrected chi connectivity index (χ4v) is 2.36. The lowest BCUT2D eigenvalue weighted by atomic mass is 10.1. The predicted octanol–water partition coefficient (Wildman–Crippen LogP) is 1.50. The molecule has 3 N–H and O–H groups in total. The number of hydrogen-bond acceptors (Lipinski definition) is 4. The van der Waals surface area contributed by atoms with Crippen LogP contribution in [0.1, 0.15) is 41.8 Å². The molecule has 1 aromatic rings. The van der Waals surface area contributed by atoms with Gasteiger partial charge in [-0.15, -0.1) is 11.3 Å². The van der Waals surface area contributed by atoms with Crippen LogP contribution >= 0.6 is 11.3 Å². The van der Waals surface area contributed by atoms with Crippen LogP contribution in [0.2, 0.25) is 0 Å². The molecule has 1 saturated carbocycles. The number of hydrogen-bond donors (Lipinski definition) is 2. The highest BCUT2D eigenvalue weighted by molar-refractivity contribution is 7.09. The van der Waals surface area contributed by atoms with Crippen molar-refractivity contribution >= 4 is 17.3 Å². The number of carboxylic acids is 1. The van der Waals surface area contributed by atoms with Crippen molar-refractivity contribution in [2.24, 2.45) is 5.73 Å². The van der Waals surface area contributed by atoms with E-state index < -0.39 is 12.0 Å². The van der Waals surface area contributed by atoms with Gasteiger partial charge in [0.25, 0.3) is 0 Å². The van der Waals surface area contributed by atoms with E-state index in [1.54, 1.807) is 5.51 Å². The Labute approximate surface area is 85.8 Å². The van der Waals surface area contributed by atoms with Crippen LogP contribution in [0.15, 0.2) is 5.51 Å². The zero-order valence-corrected chi connectivity index (χ0v) is 8.46. The largest absolute Gasteiger partial charge is 0.481 e. The Kier molecular flexibility index (Phi) is 2.52. The van der Waals surface area contributed by atoms with Gasteiger partial charge in [0.05, 0.1) is 23.7 Å². The summed E-state index contributed by atoms with van der Waals surface area (Å²) in [6, 6.07) is -0.393. The highest BCUT2D eigenvalue weighted by atomic mass is 32.1. The summed E-state index contributed by atoms with van der Waals surface area (Å²) >= 11 is 1.47. The summed E-state index contributed by atoms with van der Waals surface area (Å²) in [5.74, 6) is -0.316. The van der Waals surface area contributed by atoms with Crippen molar-refractivity contribution in [3.8, 4) is 0 Å². The molecule has 1 aromatic heterocycles. The van der Waals surface area contributed by atoms with E-state index in [1.807, 2.05) is 0 Å². The fourth-order valence-electron chi connectivity index (χ4n) is 1.49. The van der Waals surface area contributed by atoms with Crippen molar-refractivity contribution in [1.29, 1.82) is 0 Å². The van der Waals surface area contributed by atoms with Crippen molar-refractivity contribution in [2.45, 2.75) is 31.2 Å². The smallest absolute Gasteiger partial charge is 0.305 e. The third kappa shape index (κ3) is 1.93. The first-order chi connectivity index (χ1) is 6.68. The van der Waals surface area contributed by atoms with Crippen LogP contribution in [-0.2, 0) is 4.79 Å². The second-order valence-electron chi connectivity index (χ2n) is 3.58. The molecule has 0 radical (unpaired) electrons. The van der Waals surface area contributed by atoms with Gasteiger partial charge in [-0.2, -0.15) is 0 Å². The number of rotatable bonds is 4. The number of nitrogens with two attached hydrogens (primary N) is 1. The van der Waals surface area contributed by atoms with Crippen LogP contribution in [-0.4, -0.2) is 16.1 Å². The molecular formula is C9H12N2O2S. The summed E-state index contributed by atoms with van der Waals surface area (Å²) in [6.45, 7) is 0. The molecule has 0 saturated heterocycles. The number of carboxylic acid groups (broad SMARTS) is 1. The topological polar surface area (TPSA) is 76.2 Å². The van der Waals surface area contributed by atoms with Crippen LogP contribution < -0.4 is 5.73 Å².